The third kappa shape index (κ3) is 3.94. The monoisotopic (exact) mass is 428 g/mol. The number of nitrogens with zero attached hydrogens (tertiary/aromatic N) is 2. The lowest BCUT2D eigenvalue weighted by Gasteiger charge is -2.10. The van der Waals surface area contributed by atoms with Gasteiger partial charge in [0, 0.05) is 15.9 Å². The number of fused-ring (bicyclic) bond motifs is 3. The van der Waals surface area contributed by atoms with Crippen molar-refractivity contribution in [3.8, 4) is 11.5 Å². The van der Waals surface area contributed by atoms with Crippen molar-refractivity contribution >= 4 is 56.9 Å². The Kier molecular flexibility index (Phi) is 5.46. The highest BCUT2D eigenvalue weighted by molar-refractivity contribution is 8.00. The first-order valence-corrected chi connectivity index (χ1v) is 10.0. The topological polar surface area (TPSA) is 89.1 Å². The molecule has 2 N–H and O–H groups in total. The van der Waals surface area contributed by atoms with Gasteiger partial charge in [-0.3, -0.25) is 4.79 Å². The zero-order chi connectivity index (χ0) is 20.4. The second kappa shape index (κ2) is 8.18. The molecule has 0 radical (unpaired) electrons. The number of anilines is 1. The number of carbonyl (C=O) groups excluding carboxylic acids is 1. The summed E-state index contributed by atoms with van der Waals surface area (Å²) in [6.45, 7) is 0. The van der Waals surface area contributed by atoms with Crippen LogP contribution in [0, 0.1) is 0 Å². The molecule has 0 saturated carbocycles. The molecular formula is C20H17ClN4O3S. The number of carbonyl (C=O) groups is 1. The summed E-state index contributed by atoms with van der Waals surface area (Å²) in [5.74, 6) is 1.27. The molecule has 0 aliphatic carbocycles. The number of amides is 1. The van der Waals surface area contributed by atoms with Crippen LogP contribution in [0.4, 0.5) is 5.69 Å². The summed E-state index contributed by atoms with van der Waals surface area (Å²) in [6.07, 6.45) is 1.50. The molecule has 0 aliphatic rings. The van der Waals surface area contributed by atoms with Gasteiger partial charge in [0.2, 0.25) is 5.91 Å². The number of halogens is 1. The van der Waals surface area contributed by atoms with Crippen molar-refractivity contribution in [3.05, 3.63) is 47.7 Å². The van der Waals surface area contributed by atoms with E-state index >= 15 is 0 Å². The Bertz CT molecular complexity index is 1210. The maximum Gasteiger partial charge on any atom is 0.234 e. The van der Waals surface area contributed by atoms with E-state index in [1.165, 1.54) is 25.2 Å². The fraction of sp³-hybridized carbons (Fsp3) is 0.150. The fourth-order valence-electron chi connectivity index (χ4n) is 2.98. The summed E-state index contributed by atoms with van der Waals surface area (Å²) in [7, 11) is 3.16. The summed E-state index contributed by atoms with van der Waals surface area (Å²) in [6, 6.07) is 10.8. The molecule has 148 valence electrons. The van der Waals surface area contributed by atoms with Gasteiger partial charge in [0.1, 0.15) is 28.4 Å². The first-order valence-electron chi connectivity index (χ1n) is 8.65. The van der Waals surface area contributed by atoms with E-state index in [0.29, 0.717) is 21.5 Å². The van der Waals surface area contributed by atoms with Crippen molar-refractivity contribution in [2.24, 2.45) is 0 Å². The van der Waals surface area contributed by atoms with Crippen LogP contribution in [0.2, 0.25) is 5.02 Å². The van der Waals surface area contributed by atoms with Crippen molar-refractivity contribution in [1.82, 2.24) is 15.0 Å². The van der Waals surface area contributed by atoms with Gasteiger partial charge < -0.3 is 19.8 Å². The maximum atomic E-state index is 12.5. The van der Waals surface area contributed by atoms with E-state index in [-0.39, 0.29) is 11.7 Å². The third-order valence-electron chi connectivity index (χ3n) is 4.33. The minimum atomic E-state index is -0.194. The van der Waals surface area contributed by atoms with Crippen LogP contribution in [-0.2, 0) is 4.79 Å². The largest absolute Gasteiger partial charge is 0.497 e. The summed E-state index contributed by atoms with van der Waals surface area (Å²) in [4.78, 5) is 24.5. The Hall–Kier alpha value is -2.97. The smallest absolute Gasteiger partial charge is 0.234 e. The lowest BCUT2D eigenvalue weighted by molar-refractivity contribution is -0.113. The molecule has 0 bridgehead atoms. The predicted molar refractivity (Wildman–Crippen MR) is 115 cm³/mol. The van der Waals surface area contributed by atoms with Crippen molar-refractivity contribution in [2.45, 2.75) is 5.03 Å². The predicted octanol–water partition coefficient (Wildman–Crippen LogP) is 4.51. The Morgan fingerprint density at radius 1 is 1.17 bits per heavy atom. The Morgan fingerprint density at radius 3 is 2.83 bits per heavy atom. The number of benzene rings is 2. The van der Waals surface area contributed by atoms with Gasteiger partial charge in [0.05, 0.1) is 31.2 Å². The molecule has 0 aliphatic heterocycles. The van der Waals surface area contributed by atoms with Gasteiger partial charge in [-0.2, -0.15) is 0 Å². The Labute approximate surface area is 175 Å². The van der Waals surface area contributed by atoms with Gasteiger partial charge >= 0.3 is 0 Å². The second-order valence-corrected chi connectivity index (χ2v) is 7.52. The van der Waals surface area contributed by atoms with E-state index in [4.69, 9.17) is 21.1 Å². The molecule has 9 heteroatoms. The number of aromatic nitrogens is 3. The summed E-state index contributed by atoms with van der Waals surface area (Å²) < 4.78 is 10.6. The number of aromatic amines is 1. The second-order valence-electron chi connectivity index (χ2n) is 6.12. The van der Waals surface area contributed by atoms with Crippen LogP contribution in [0.1, 0.15) is 0 Å². The summed E-state index contributed by atoms with van der Waals surface area (Å²) >= 11 is 7.33. The van der Waals surface area contributed by atoms with Gasteiger partial charge in [0.25, 0.3) is 0 Å². The fourth-order valence-corrected chi connectivity index (χ4v) is 3.91. The number of hydrogen-bond donors (Lipinski definition) is 2. The molecule has 4 rings (SSSR count). The minimum absolute atomic E-state index is 0.167. The first-order chi connectivity index (χ1) is 14.1. The SMILES string of the molecule is COc1ccc2[nH]c3c(SCC(=O)Nc4cc(Cl)ccc4OC)ncnc3c2c1. The summed E-state index contributed by atoms with van der Waals surface area (Å²) in [5, 5.41) is 4.97. The molecular weight excluding hydrogens is 412 g/mol. The highest BCUT2D eigenvalue weighted by atomic mass is 35.5. The Balaban J connectivity index is 1.55. The van der Waals surface area contributed by atoms with Crippen LogP contribution in [0.5, 0.6) is 11.5 Å². The quantitative estimate of drug-likeness (QED) is 0.347. The van der Waals surface area contributed by atoms with E-state index < -0.39 is 0 Å². The number of nitrogens with one attached hydrogen (secondary N) is 2. The molecule has 2 aromatic carbocycles. The van der Waals surface area contributed by atoms with Crippen LogP contribution in [0.25, 0.3) is 21.9 Å². The number of hydrogen-bond acceptors (Lipinski definition) is 6. The van der Waals surface area contributed by atoms with E-state index in [2.05, 4.69) is 20.3 Å². The van der Waals surface area contributed by atoms with E-state index in [9.17, 15) is 4.79 Å². The van der Waals surface area contributed by atoms with Crippen LogP contribution in [-0.4, -0.2) is 40.8 Å². The molecule has 0 spiro atoms. The van der Waals surface area contributed by atoms with Gasteiger partial charge in [0.15, 0.2) is 0 Å². The van der Waals surface area contributed by atoms with Gasteiger partial charge in [-0.25, -0.2) is 9.97 Å². The molecule has 2 heterocycles. The number of rotatable bonds is 6. The zero-order valence-corrected chi connectivity index (χ0v) is 17.2. The average Bonchev–Trinajstić information content (AvgIpc) is 3.11. The van der Waals surface area contributed by atoms with Gasteiger partial charge in [-0.15, -0.1) is 0 Å². The standard InChI is InChI=1S/C20H17ClN4O3S/c1-27-12-4-5-14-13(8-12)18-19(25-14)20(23-10-22-18)29-9-17(26)24-15-7-11(21)3-6-16(15)28-2/h3-8,10,25H,9H2,1-2H3,(H,24,26). The van der Waals surface area contributed by atoms with E-state index in [1.807, 2.05) is 18.2 Å². The number of thioether (sulfide) groups is 1. The van der Waals surface area contributed by atoms with Crippen LogP contribution in [0.15, 0.2) is 47.8 Å². The highest BCUT2D eigenvalue weighted by Crippen LogP contribution is 2.32. The van der Waals surface area contributed by atoms with Crippen LogP contribution in [0.3, 0.4) is 0 Å². The number of methoxy groups -OCH3 is 2. The zero-order valence-electron chi connectivity index (χ0n) is 15.7. The van der Waals surface area contributed by atoms with Crippen molar-refractivity contribution in [3.63, 3.8) is 0 Å². The summed E-state index contributed by atoms with van der Waals surface area (Å²) in [5.41, 5.74) is 3.02. The maximum absolute atomic E-state index is 12.5. The molecule has 0 atom stereocenters. The lowest BCUT2D eigenvalue weighted by atomic mass is 10.2. The third-order valence-corrected chi connectivity index (χ3v) is 5.55. The molecule has 0 fully saturated rings. The first kappa shape index (κ1) is 19.4. The van der Waals surface area contributed by atoms with Crippen LogP contribution >= 0.6 is 23.4 Å². The van der Waals surface area contributed by atoms with Crippen molar-refractivity contribution < 1.29 is 14.3 Å². The number of ether oxygens (including phenoxy) is 2. The van der Waals surface area contributed by atoms with E-state index in [0.717, 1.165) is 27.7 Å². The number of H-pyrrole nitrogens is 1. The van der Waals surface area contributed by atoms with E-state index in [1.54, 1.807) is 25.3 Å². The minimum Gasteiger partial charge on any atom is -0.497 e. The van der Waals surface area contributed by atoms with Crippen molar-refractivity contribution in [1.29, 1.82) is 0 Å². The molecule has 7 nitrogen and oxygen atoms in total. The highest BCUT2D eigenvalue weighted by Gasteiger charge is 2.14. The van der Waals surface area contributed by atoms with Gasteiger partial charge in [-0.05, 0) is 36.4 Å². The molecule has 4 aromatic rings. The molecule has 0 saturated heterocycles. The molecule has 0 unspecified atom stereocenters. The Morgan fingerprint density at radius 2 is 2.03 bits per heavy atom. The normalized spacial score (nSPS) is 11.0. The lowest BCUT2D eigenvalue weighted by Crippen LogP contribution is -2.14. The molecule has 2 aromatic heterocycles. The van der Waals surface area contributed by atoms with Crippen LogP contribution < -0.4 is 14.8 Å². The van der Waals surface area contributed by atoms with Crippen molar-refractivity contribution in [2.75, 3.05) is 25.3 Å². The average molecular weight is 429 g/mol. The molecule has 29 heavy (non-hydrogen) atoms. The van der Waals surface area contributed by atoms with Gasteiger partial charge in [-0.1, -0.05) is 23.4 Å². The molecule has 1 amide bonds.